The average Bonchev–Trinajstić information content (AvgIpc) is 3.37. The molecule has 2 aromatic heterocycles. The Hall–Kier alpha value is -3.80. The van der Waals surface area contributed by atoms with Crippen LogP contribution < -0.4 is 20.7 Å². The number of carbonyl (C=O) groups excluding carboxylic acids is 2. The molecular formula is C20H14ClF3N6O3. The third kappa shape index (κ3) is 4.29. The van der Waals surface area contributed by atoms with Crippen LogP contribution in [0.2, 0.25) is 5.02 Å². The lowest BCUT2D eigenvalue weighted by Crippen LogP contribution is -2.22. The first kappa shape index (κ1) is 21.1. The molecule has 0 atom stereocenters. The van der Waals surface area contributed by atoms with E-state index in [0.29, 0.717) is 10.8 Å². The number of benzene rings is 1. The van der Waals surface area contributed by atoms with Crippen LogP contribution in [0.1, 0.15) is 24.2 Å². The van der Waals surface area contributed by atoms with Crippen LogP contribution >= 0.6 is 11.6 Å². The quantitative estimate of drug-likeness (QED) is 0.378. The molecule has 1 aliphatic carbocycles. The summed E-state index contributed by atoms with van der Waals surface area (Å²) in [6, 6.07) is 5.64. The van der Waals surface area contributed by atoms with E-state index in [1.165, 1.54) is 12.3 Å². The highest BCUT2D eigenvalue weighted by atomic mass is 35.5. The lowest BCUT2D eigenvalue weighted by molar-refractivity contribution is -0.141. The van der Waals surface area contributed by atoms with Gasteiger partial charge in [0.25, 0.3) is 5.91 Å². The Kier molecular flexibility index (Phi) is 4.89. The van der Waals surface area contributed by atoms with E-state index in [9.17, 15) is 22.8 Å². The third-order valence-corrected chi connectivity index (χ3v) is 5.06. The smallest absolute Gasteiger partial charge is 0.435 e. The van der Waals surface area contributed by atoms with E-state index in [4.69, 9.17) is 16.3 Å². The number of aromatic nitrogens is 3. The van der Waals surface area contributed by atoms with Crippen molar-refractivity contribution >= 4 is 41.1 Å². The van der Waals surface area contributed by atoms with Gasteiger partial charge in [-0.1, -0.05) is 17.7 Å². The van der Waals surface area contributed by atoms with Crippen molar-refractivity contribution in [3.8, 4) is 11.6 Å². The van der Waals surface area contributed by atoms with Crippen molar-refractivity contribution in [2.45, 2.75) is 25.1 Å². The van der Waals surface area contributed by atoms with Crippen LogP contribution in [-0.2, 0) is 11.0 Å². The Morgan fingerprint density at radius 2 is 2.00 bits per heavy atom. The van der Waals surface area contributed by atoms with Crippen molar-refractivity contribution in [2.75, 3.05) is 5.32 Å². The monoisotopic (exact) mass is 478 g/mol. The van der Waals surface area contributed by atoms with Crippen LogP contribution in [0.25, 0.3) is 11.7 Å². The number of anilines is 1. The highest BCUT2D eigenvalue weighted by molar-refractivity contribution is 6.30. The number of amides is 3. The molecule has 1 aliphatic heterocycles. The summed E-state index contributed by atoms with van der Waals surface area (Å²) >= 11 is 5.98. The maximum Gasteiger partial charge on any atom is 0.435 e. The molecular weight excluding hydrogens is 465 g/mol. The number of rotatable bonds is 5. The zero-order chi connectivity index (χ0) is 23.3. The predicted octanol–water partition coefficient (Wildman–Crippen LogP) is 3.95. The summed E-state index contributed by atoms with van der Waals surface area (Å²) in [7, 11) is 0. The number of halogens is 4. The minimum absolute atomic E-state index is 0.0291. The first-order chi connectivity index (χ1) is 15.7. The van der Waals surface area contributed by atoms with Crippen LogP contribution in [0.3, 0.4) is 0 Å². The summed E-state index contributed by atoms with van der Waals surface area (Å²) in [4.78, 5) is 31.4. The van der Waals surface area contributed by atoms with Gasteiger partial charge in [0.15, 0.2) is 17.2 Å². The maximum absolute atomic E-state index is 13.9. The number of alkyl halides is 3. The number of fused-ring (bicyclic) bond motifs is 1. The molecule has 0 radical (unpaired) electrons. The number of hydrogen-bond acceptors (Lipinski definition) is 6. The van der Waals surface area contributed by atoms with Gasteiger partial charge in [-0.3, -0.25) is 14.5 Å². The van der Waals surface area contributed by atoms with Gasteiger partial charge in [0, 0.05) is 11.1 Å². The van der Waals surface area contributed by atoms with Crippen molar-refractivity contribution in [1.82, 2.24) is 25.0 Å². The van der Waals surface area contributed by atoms with Crippen molar-refractivity contribution in [3.05, 3.63) is 52.6 Å². The maximum atomic E-state index is 13.9. The van der Waals surface area contributed by atoms with Crippen molar-refractivity contribution in [3.63, 3.8) is 0 Å². The molecule has 33 heavy (non-hydrogen) atoms. The molecule has 170 valence electrons. The van der Waals surface area contributed by atoms with Gasteiger partial charge in [0.1, 0.15) is 11.4 Å². The molecule has 0 spiro atoms. The molecule has 3 amide bonds. The number of hydrogen-bond donors (Lipinski definition) is 3. The van der Waals surface area contributed by atoms with E-state index in [1.54, 1.807) is 18.2 Å². The van der Waals surface area contributed by atoms with Gasteiger partial charge in [-0.2, -0.15) is 18.2 Å². The lowest BCUT2D eigenvalue weighted by Gasteiger charge is -2.11. The van der Waals surface area contributed by atoms with Crippen molar-refractivity contribution in [2.24, 2.45) is 0 Å². The van der Waals surface area contributed by atoms with E-state index in [2.05, 4.69) is 20.6 Å². The number of imidazole rings is 1. The molecule has 1 saturated heterocycles. The summed E-state index contributed by atoms with van der Waals surface area (Å²) in [6.45, 7) is 0. The zero-order valence-corrected chi connectivity index (χ0v) is 17.3. The first-order valence-corrected chi connectivity index (χ1v) is 10.1. The van der Waals surface area contributed by atoms with E-state index in [1.807, 2.05) is 5.32 Å². The molecule has 0 unspecified atom stereocenters. The first-order valence-electron chi connectivity index (χ1n) is 9.71. The zero-order valence-electron chi connectivity index (χ0n) is 16.5. The Labute approximate surface area is 188 Å². The molecule has 3 heterocycles. The molecule has 2 aliphatic rings. The van der Waals surface area contributed by atoms with Gasteiger partial charge in [0.2, 0.25) is 5.88 Å². The van der Waals surface area contributed by atoms with Gasteiger partial charge in [0.05, 0.1) is 11.9 Å². The molecule has 1 aromatic carbocycles. The van der Waals surface area contributed by atoms with E-state index < -0.39 is 29.5 Å². The van der Waals surface area contributed by atoms with E-state index >= 15 is 0 Å². The number of urea groups is 1. The fourth-order valence-corrected chi connectivity index (χ4v) is 3.41. The number of carbonyl (C=O) groups is 2. The SMILES string of the molecule is O=C1NC(=O)C(=Cc2c(C(F)(F)F)nc3c(NC4CC4)nc(Oc4cccc(Cl)c4)cn23)N1. The molecule has 13 heteroatoms. The summed E-state index contributed by atoms with van der Waals surface area (Å²) in [5, 5.41) is 7.59. The molecule has 0 bridgehead atoms. The van der Waals surface area contributed by atoms with Crippen molar-refractivity contribution in [1.29, 1.82) is 0 Å². The summed E-state index contributed by atoms with van der Waals surface area (Å²) in [5.41, 5.74) is -2.17. The van der Waals surface area contributed by atoms with Crippen LogP contribution in [0.15, 0.2) is 36.2 Å². The van der Waals surface area contributed by atoms with Crippen molar-refractivity contribution < 1.29 is 27.5 Å². The highest BCUT2D eigenvalue weighted by Gasteiger charge is 2.39. The fourth-order valence-electron chi connectivity index (χ4n) is 3.23. The van der Waals surface area contributed by atoms with Gasteiger partial charge < -0.3 is 15.4 Å². The van der Waals surface area contributed by atoms with Gasteiger partial charge >= 0.3 is 12.2 Å². The minimum atomic E-state index is -4.84. The molecule has 5 rings (SSSR count). The number of imide groups is 1. The molecule has 9 nitrogen and oxygen atoms in total. The number of ether oxygens (including phenoxy) is 1. The number of nitrogens with zero attached hydrogens (tertiary/aromatic N) is 3. The van der Waals surface area contributed by atoms with Gasteiger partial charge in [-0.05, 0) is 37.1 Å². The lowest BCUT2D eigenvalue weighted by atomic mass is 10.2. The highest BCUT2D eigenvalue weighted by Crippen LogP contribution is 2.37. The van der Waals surface area contributed by atoms with E-state index in [0.717, 1.165) is 23.3 Å². The third-order valence-electron chi connectivity index (χ3n) is 4.83. The second kappa shape index (κ2) is 7.66. The second-order valence-electron chi connectivity index (χ2n) is 7.41. The van der Waals surface area contributed by atoms with Crippen LogP contribution in [0, 0.1) is 0 Å². The summed E-state index contributed by atoms with van der Waals surface area (Å²) < 4.78 is 48.4. The number of nitrogens with one attached hydrogen (secondary N) is 3. The van der Waals surface area contributed by atoms with Crippen LogP contribution in [0.5, 0.6) is 11.6 Å². The van der Waals surface area contributed by atoms with Gasteiger partial charge in [-0.25, -0.2) is 9.78 Å². The molecule has 1 saturated carbocycles. The summed E-state index contributed by atoms with van der Waals surface area (Å²) in [5.74, 6) is -0.472. The normalized spacial score (nSPS) is 17.4. The topological polar surface area (TPSA) is 110 Å². The average molecular weight is 479 g/mol. The Morgan fingerprint density at radius 3 is 2.64 bits per heavy atom. The Balaban J connectivity index is 1.70. The minimum Gasteiger partial charge on any atom is -0.437 e. The predicted molar refractivity (Wildman–Crippen MR) is 111 cm³/mol. The molecule has 3 aromatic rings. The van der Waals surface area contributed by atoms with Gasteiger partial charge in [-0.15, -0.1) is 0 Å². The fraction of sp³-hybridized carbons (Fsp3) is 0.200. The van der Waals surface area contributed by atoms with Crippen LogP contribution in [-0.4, -0.2) is 32.3 Å². The molecule has 2 fully saturated rings. The second-order valence-corrected chi connectivity index (χ2v) is 7.85. The Bertz CT molecular complexity index is 1330. The summed E-state index contributed by atoms with van der Waals surface area (Å²) in [6.07, 6.45) is -1.04. The standard InChI is InChI=1S/C20H14ClF3N6O3/c21-9-2-1-3-11(6-9)33-14-8-30-13(7-12-18(31)29-19(32)26-12)15(20(22,23)24)28-17(30)16(27-14)25-10-4-5-10/h1-3,6-8,10H,4-5H2,(H,25,27)(H2,26,29,31,32). The van der Waals surface area contributed by atoms with Crippen LogP contribution in [0.4, 0.5) is 23.8 Å². The largest absolute Gasteiger partial charge is 0.437 e. The molecule has 3 N–H and O–H groups in total. The Morgan fingerprint density at radius 1 is 1.21 bits per heavy atom. The van der Waals surface area contributed by atoms with E-state index in [-0.39, 0.29) is 29.1 Å².